The monoisotopic (exact) mass is 383 g/mol. The van der Waals surface area contributed by atoms with Crippen molar-refractivity contribution in [2.24, 2.45) is 0 Å². The predicted molar refractivity (Wildman–Crippen MR) is 99.5 cm³/mol. The molecule has 1 heterocycles. The third-order valence-electron chi connectivity index (χ3n) is 4.06. The number of sulfone groups is 1. The number of rotatable bonds is 6. The van der Waals surface area contributed by atoms with E-state index in [1.54, 1.807) is 36.4 Å². The van der Waals surface area contributed by atoms with Gasteiger partial charge in [0.25, 0.3) is 5.56 Å². The number of aliphatic carboxylic acids is 1. The fourth-order valence-corrected chi connectivity index (χ4v) is 4.30. The summed E-state index contributed by atoms with van der Waals surface area (Å²) in [6.07, 6.45) is 1.23. The van der Waals surface area contributed by atoms with Gasteiger partial charge in [-0.05, 0) is 29.3 Å². The van der Waals surface area contributed by atoms with E-state index in [9.17, 15) is 18.0 Å². The predicted octanol–water partition coefficient (Wildman–Crippen LogP) is 2.36. The zero-order chi connectivity index (χ0) is 19.4. The van der Waals surface area contributed by atoms with Gasteiger partial charge in [0.1, 0.15) is 0 Å². The molecule has 6 nitrogen and oxygen atoms in total. The largest absolute Gasteiger partial charge is 0.481 e. The maximum atomic E-state index is 13.0. The summed E-state index contributed by atoms with van der Waals surface area (Å²) in [5, 5.41) is 8.93. The molecule has 0 aliphatic heterocycles. The van der Waals surface area contributed by atoms with E-state index in [1.807, 2.05) is 0 Å². The Kier molecular flexibility index (Phi) is 5.23. The highest BCUT2D eigenvalue weighted by molar-refractivity contribution is 7.91. The molecule has 0 radical (unpaired) electrons. The Morgan fingerprint density at radius 1 is 0.926 bits per heavy atom. The van der Waals surface area contributed by atoms with Crippen LogP contribution in [0.15, 0.2) is 87.5 Å². The van der Waals surface area contributed by atoms with Crippen molar-refractivity contribution in [1.82, 2.24) is 4.57 Å². The van der Waals surface area contributed by atoms with Crippen LogP contribution in [0.1, 0.15) is 11.1 Å². The van der Waals surface area contributed by atoms with Crippen molar-refractivity contribution in [3.8, 4) is 0 Å². The minimum Gasteiger partial charge on any atom is -0.481 e. The molecule has 3 rings (SSSR count). The van der Waals surface area contributed by atoms with Crippen LogP contribution in [-0.2, 0) is 27.6 Å². The number of hydrogen-bond acceptors (Lipinski definition) is 4. The molecule has 0 unspecified atom stereocenters. The zero-order valence-electron chi connectivity index (χ0n) is 14.3. The Labute approximate surface area is 156 Å². The number of nitrogens with zero attached hydrogens (tertiary/aromatic N) is 1. The van der Waals surface area contributed by atoms with E-state index in [2.05, 4.69) is 0 Å². The molecule has 27 heavy (non-hydrogen) atoms. The number of carboxylic acids is 1. The molecule has 0 aliphatic rings. The SMILES string of the molecule is O=C(O)Cc1ccc(=O)n(Cc2ccccc2S(=O)(=O)c2ccccc2)c1. The molecule has 0 saturated heterocycles. The summed E-state index contributed by atoms with van der Waals surface area (Å²) in [5.41, 5.74) is 0.581. The van der Waals surface area contributed by atoms with Crippen LogP contribution >= 0.6 is 0 Å². The fourth-order valence-electron chi connectivity index (χ4n) is 2.79. The Bertz CT molecular complexity index is 1130. The lowest BCUT2D eigenvalue weighted by molar-refractivity contribution is -0.136. The standard InChI is InChI=1S/C20H17NO5S/c22-19-11-10-15(12-20(23)24)13-21(19)14-16-6-4-5-9-18(16)27(25,26)17-7-2-1-3-8-17/h1-11,13H,12,14H2,(H,23,24). The molecule has 1 aromatic heterocycles. The first kappa shape index (κ1) is 18.6. The van der Waals surface area contributed by atoms with Crippen LogP contribution < -0.4 is 5.56 Å². The molecule has 0 spiro atoms. The van der Waals surface area contributed by atoms with Crippen LogP contribution in [0, 0.1) is 0 Å². The highest BCUT2D eigenvalue weighted by Gasteiger charge is 2.21. The number of pyridine rings is 1. The summed E-state index contributed by atoms with van der Waals surface area (Å²) in [7, 11) is -3.74. The number of benzene rings is 2. The molecule has 3 aromatic rings. The average Bonchev–Trinajstić information content (AvgIpc) is 2.65. The topological polar surface area (TPSA) is 93.4 Å². The van der Waals surface area contributed by atoms with Gasteiger partial charge in [0.15, 0.2) is 0 Å². The minimum atomic E-state index is -3.74. The normalized spacial score (nSPS) is 11.3. The van der Waals surface area contributed by atoms with Crippen molar-refractivity contribution in [1.29, 1.82) is 0 Å². The van der Waals surface area contributed by atoms with Gasteiger partial charge in [-0.25, -0.2) is 8.42 Å². The first-order valence-electron chi connectivity index (χ1n) is 8.17. The van der Waals surface area contributed by atoms with E-state index in [0.29, 0.717) is 11.1 Å². The van der Waals surface area contributed by atoms with Crippen molar-refractivity contribution < 1.29 is 18.3 Å². The molecule has 0 bridgehead atoms. The second kappa shape index (κ2) is 7.59. The molecular weight excluding hydrogens is 366 g/mol. The molecule has 0 saturated carbocycles. The number of carboxylic acid groups (broad SMARTS) is 1. The van der Waals surface area contributed by atoms with Gasteiger partial charge >= 0.3 is 5.97 Å². The summed E-state index contributed by atoms with van der Waals surface area (Å²) in [4.78, 5) is 23.3. The Hall–Kier alpha value is -3.19. The van der Waals surface area contributed by atoms with Gasteiger partial charge in [0, 0.05) is 12.3 Å². The zero-order valence-corrected chi connectivity index (χ0v) is 15.1. The lowest BCUT2D eigenvalue weighted by Crippen LogP contribution is -2.21. The number of hydrogen-bond donors (Lipinski definition) is 1. The second-order valence-corrected chi connectivity index (χ2v) is 7.92. The first-order valence-corrected chi connectivity index (χ1v) is 9.65. The molecule has 2 aromatic carbocycles. The number of carbonyl (C=O) groups is 1. The van der Waals surface area contributed by atoms with Gasteiger partial charge in [-0.3, -0.25) is 9.59 Å². The van der Waals surface area contributed by atoms with Crippen molar-refractivity contribution in [2.45, 2.75) is 22.8 Å². The van der Waals surface area contributed by atoms with Crippen LogP contribution in [0.2, 0.25) is 0 Å². The van der Waals surface area contributed by atoms with Crippen molar-refractivity contribution in [3.05, 3.63) is 94.4 Å². The van der Waals surface area contributed by atoms with E-state index >= 15 is 0 Å². The minimum absolute atomic E-state index is 0.0224. The summed E-state index contributed by atoms with van der Waals surface area (Å²) in [5.74, 6) is -1.01. The van der Waals surface area contributed by atoms with Crippen LogP contribution in [0.25, 0.3) is 0 Å². The summed E-state index contributed by atoms with van der Waals surface area (Å²) in [6.45, 7) is 0.0224. The fraction of sp³-hybridized carbons (Fsp3) is 0.100. The van der Waals surface area contributed by atoms with Gasteiger partial charge in [-0.1, -0.05) is 42.5 Å². The molecule has 0 atom stereocenters. The van der Waals surface area contributed by atoms with Crippen molar-refractivity contribution in [3.63, 3.8) is 0 Å². The number of aromatic nitrogens is 1. The molecule has 138 valence electrons. The van der Waals surface area contributed by atoms with Crippen molar-refractivity contribution >= 4 is 15.8 Å². The van der Waals surface area contributed by atoms with Gasteiger partial charge in [0.05, 0.1) is 22.8 Å². The maximum absolute atomic E-state index is 13.0. The van der Waals surface area contributed by atoms with E-state index < -0.39 is 15.8 Å². The highest BCUT2D eigenvalue weighted by atomic mass is 32.2. The summed E-state index contributed by atoms with van der Waals surface area (Å²) < 4.78 is 27.3. The van der Waals surface area contributed by atoms with E-state index in [-0.39, 0.29) is 28.3 Å². The molecule has 0 fully saturated rings. The molecule has 7 heteroatoms. The van der Waals surface area contributed by atoms with Crippen LogP contribution in [0.5, 0.6) is 0 Å². The van der Waals surface area contributed by atoms with Crippen molar-refractivity contribution in [2.75, 3.05) is 0 Å². The van der Waals surface area contributed by atoms with E-state index in [1.165, 1.54) is 41.1 Å². The lowest BCUT2D eigenvalue weighted by Gasteiger charge is -2.13. The molecular formula is C20H17NO5S. The van der Waals surface area contributed by atoms with Gasteiger partial charge < -0.3 is 9.67 Å². The van der Waals surface area contributed by atoms with E-state index in [0.717, 1.165) is 0 Å². The summed E-state index contributed by atoms with van der Waals surface area (Å²) in [6, 6.07) is 17.3. The summed E-state index contributed by atoms with van der Waals surface area (Å²) >= 11 is 0. The van der Waals surface area contributed by atoms with Gasteiger partial charge in [-0.2, -0.15) is 0 Å². The van der Waals surface area contributed by atoms with Crippen LogP contribution in [0.4, 0.5) is 0 Å². The lowest BCUT2D eigenvalue weighted by atomic mass is 10.2. The Morgan fingerprint density at radius 3 is 2.30 bits per heavy atom. The quantitative estimate of drug-likeness (QED) is 0.705. The first-order chi connectivity index (χ1) is 12.9. The van der Waals surface area contributed by atoms with Gasteiger partial charge in [-0.15, -0.1) is 0 Å². The van der Waals surface area contributed by atoms with Crippen LogP contribution in [-0.4, -0.2) is 24.1 Å². The third-order valence-corrected chi connectivity index (χ3v) is 5.93. The highest BCUT2D eigenvalue weighted by Crippen LogP contribution is 2.24. The average molecular weight is 383 g/mol. The maximum Gasteiger partial charge on any atom is 0.307 e. The smallest absolute Gasteiger partial charge is 0.307 e. The second-order valence-electron chi connectivity index (χ2n) is 6.00. The third kappa shape index (κ3) is 4.15. The van der Waals surface area contributed by atoms with Crippen LogP contribution in [0.3, 0.4) is 0 Å². The molecule has 1 N–H and O–H groups in total. The Balaban J connectivity index is 2.04. The Morgan fingerprint density at radius 2 is 1.59 bits per heavy atom. The molecule has 0 amide bonds. The van der Waals surface area contributed by atoms with Gasteiger partial charge in [0.2, 0.25) is 9.84 Å². The van der Waals surface area contributed by atoms with E-state index in [4.69, 9.17) is 5.11 Å². The molecule has 0 aliphatic carbocycles.